The van der Waals surface area contributed by atoms with Gasteiger partial charge in [-0.3, -0.25) is 0 Å². The number of anilines is 1. The van der Waals surface area contributed by atoms with E-state index >= 15 is 0 Å². The molecule has 16 heavy (non-hydrogen) atoms. The second-order valence-corrected chi connectivity index (χ2v) is 3.82. The Labute approximate surface area is 92.2 Å². The lowest BCUT2D eigenvalue weighted by Gasteiger charge is -2.18. The molecule has 1 aromatic carbocycles. The molecule has 0 radical (unpaired) electrons. The third kappa shape index (κ3) is 1.85. The number of hydrogen-bond donors (Lipinski definition) is 2. The Bertz CT molecular complexity index is 434. The van der Waals surface area contributed by atoms with Crippen LogP contribution in [-0.4, -0.2) is 35.5 Å². The van der Waals surface area contributed by atoms with E-state index in [2.05, 4.69) is 0 Å². The summed E-state index contributed by atoms with van der Waals surface area (Å²) in [4.78, 5) is 1.56. The van der Waals surface area contributed by atoms with Crippen LogP contribution in [0.1, 0.15) is 5.56 Å². The van der Waals surface area contributed by atoms with Gasteiger partial charge in [0.05, 0.1) is 29.5 Å². The van der Waals surface area contributed by atoms with E-state index in [4.69, 9.17) is 5.26 Å². The van der Waals surface area contributed by atoms with Gasteiger partial charge >= 0.3 is 0 Å². The molecular formula is C11H11FN2O2. The molecule has 0 saturated carbocycles. The summed E-state index contributed by atoms with van der Waals surface area (Å²) in [6, 6.07) is 5.99. The third-order valence-electron chi connectivity index (χ3n) is 2.68. The molecule has 0 spiro atoms. The summed E-state index contributed by atoms with van der Waals surface area (Å²) in [7, 11) is 0. The number of halogens is 1. The fraction of sp³-hybridized carbons (Fsp3) is 0.364. The smallest absolute Gasteiger partial charge is 0.147 e. The Hall–Kier alpha value is -1.64. The molecule has 0 bridgehead atoms. The number of nitrogens with zero attached hydrogens (tertiary/aromatic N) is 2. The van der Waals surface area contributed by atoms with Crippen molar-refractivity contribution in [2.75, 3.05) is 18.0 Å². The zero-order valence-corrected chi connectivity index (χ0v) is 8.47. The van der Waals surface area contributed by atoms with Gasteiger partial charge in [0.25, 0.3) is 0 Å². The lowest BCUT2D eigenvalue weighted by molar-refractivity contribution is 0.0572. The lowest BCUT2D eigenvalue weighted by Crippen LogP contribution is -2.22. The number of nitriles is 1. The molecule has 5 heteroatoms. The van der Waals surface area contributed by atoms with Crippen LogP contribution in [0.2, 0.25) is 0 Å². The van der Waals surface area contributed by atoms with Gasteiger partial charge in [0, 0.05) is 13.1 Å². The van der Waals surface area contributed by atoms with Gasteiger partial charge in [0.1, 0.15) is 5.82 Å². The van der Waals surface area contributed by atoms with E-state index in [1.54, 1.807) is 4.90 Å². The lowest BCUT2D eigenvalue weighted by atomic mass is 10.2. The molecule has 2 unspecified atom stereocenters. The monoisotopic (exact) mass is 222 g/mol. The molecule has 84 valence electrons. The van der Waals surface area contributed by atoms with Gasteiger partial charge in [-0.2, -0.15) is 5.26 Å². The summed E-state index contributed by atoms with van der Waals surface area (Å²) in [5, 5.41) is 27.3. The fourth-order valence-corrected chi connectivity index (χ4v) is 1.80. The van der Waals surface area contributed by atoms with Gasteiger partial charge in [-0.1, -0.05) is 0 Å². The van der Waals surface area contributed by atoms with E-state index in [1.165, 1.54) is 12.1 Å². The van der Waals surface area contributed by atoms with Crippen LogP contribution in [0.15, 0.2) is 18.2 Å². The molecule has 1 fully saturated rings. The molecule has 1 heterocycles. The Kier molecular flexibility index (Phi) is 2.77. The van der Waals surface area contributed by atoms with E-state index in [9.17, 15) is 14.6 Å². The van der Waals surface area contributed by atoms with Gasteiger partial charge < -0.3 is 15.1 Å². The summed E-state index contributed by atoms with van der Waals surface area (Å²) in [6.45, 7) is 0.397. The standard InChI is InChI=1S/C11H11FN2O2/c12-8-3-7(4-13)1-2-9(8)14-5-10(15)11(16)6-14/h1-3,10-11,15-16H,5-6H2. The molecule has 0 aliphatic carbocycles. The van der Waals surface area contributed by atoms with E-state index in [0.717, 1.165) is 6.07 Å². The summed E-state index contributed by atoms with van der Waals surface area (Å²) in [6.07, 6.45) is -1.70. The van der Waals surface area contributed by atoms with Crippen LogP contribution in [0.4, 0.5) is 10.1 Å². The van der Waals surface area contributed by atoms with Crippen molar-refractivity contribution in [2.45, 2.75) is 12.2 Å². The topological polar surface area (TPSA) is 67.5 Å². The summed E-state index contributed by atoms with van der Waals surface area (Å²) in [5.74, 6) is -0.514. The first kappa shape index (κ1) is 10.9. The predicted molar refractivity (Wildman–Crippen MR) is 55.3 cm³/mol. The number of β-amino-alcohol motifs (C(OH)–C–C–N with tert-alkyl or cyclic N) is 2. The Morgan fingerprint density at radius 1 is 1.31 bits per heavy atom. The molecular weight excluding hydrogens is 211 g/mol. The zero-order valence-electron chi connectivity index (χ0n) is 8.47. The second-order valence-electron chi connectivity index (χ2n) is 3.82. The minimum Gasteiger partial charge on any atom is -0.389 e. The largest absolute Gasteiger partial charge is 0.389 e. The molecule has 1 aliphatic heterocycles. The third-order valence-corrected chi connectivity index (χ3v) is 2.68. The summed E-state index contributed by atoms with van der Waals surface area (Å²) < 4.78 is 13.6. The molecule has 0 aromatic heterocycles. The molecule has 1 aliphatic rings. The van der Waals surface area contributed by atoms with Crippen LogP contribution in [0.3, 0.4) is 0 Å². The maximum absolute atomic E-state index is 13.6. The zero-order chi connectivity index (χ0) is 11.7. The van der Waals surface area contributed by atoms with Crippen LogP contribution in [0, 0.1) is 17.1 Å². The quantitative estimate of drug-likeness (QED) is 0.714. The van der Waals surface area contributed by atoms with Crippen molar-refractivity contribution in [2.24, 2.45) is 0 Å². The molecule has 2 atom stereocenters. The maximum atomic E-state index is 13.6. The maximum Gasteiger partial charge on any atom is 0.147 e. The van der Waals surface area contributed by atoms with E-state index in [0.29, 0.717) is 5.69 Å². The van der Waals surface area contributed by atoms with Crippen molar-refractivity contribution in [1.82, 2.24) is 0 Å². The number of rotatable bonds is 1. The average molecular weight is 222 g/mol. The highest BCUT2D eigenvalue weighted by Crippen LogP contribution is 2.24. The van der Waals surface area contributed by atoms with Crippen LogP contribution in [0.25, 0.3) is 0 Å². The highest BCUT2D eigenvalue weighted by atomic mass is 19.1. The minimum absolute atomic E-state index is 0.198. The summed E-state index contributed by atoms with van der Waals surface area (Å²) in [5.41, 5.74) is 0.552. The highest BCUT2D eigenvalue weighted by molar-refractivity contribution is 5.52. The Morgan fingerprint density at radius 2 is 1.94 bits per heavy atom. The van der Waals surface area contributed by atoms with Gasteiger partial charge in [-0.15, -0.1) is 0 Å². The molecule has 2 rings (SSSR count). The van der Waals surface area contributed by atoms with E-state index in [1.807, 2.05) is 6.07 Å². The van der Waals surface area contributed by atoms with Crippen LogP contribution in [-0.2, 0) is 0 Å². The van der Waals surface area contributed by atoms with Crippen molar-refractivity contribution >= 4 is 5.69 Å². The normalized spacial score (nSPS) is 24.5. The van der Waals surface area contributed by atoms with Crippen molar-refractivity contribution in [3.05, 3.63) is 29.6 Å². The van der Waals surface area contributed by atoms with E-state index < -0.39 is 18.0 Å². The summed E-state index contributed by atoms with van der Waals surface area (Å²) >= 11 is 0. The fourth-order valence-electron chi connectivity index (χ4n) is 1.80. The first-order chi connectivity index (χ1) is 7.61. The molecule has 4 nitrogen and oxygen atoms in total. The predicted octanol–water partition coefficient (Wildman–Crippen LogP) is 0.239. The van der Waals surface area contributed by atoms with Gasteiger partial charge in [-0.05, 0) is 18.2 Å². The second kappa shape index (κ2) is 4.08. The minimum atomic E-state index is -0.852. The van der Waals surface area contributed by atoms with Gasteiger partial charge in [0.15, 0.2) is 0 Å². The van der Waals surface area contributed by atoms with Crippen LogP contribution < -0.4 is 4.90 Å². The van der Waals surface area contributed by atoms with Crippen LogP contribution in [0.5, 0.6) is 0 Å². The first-order valence-electron chi connectivity index (χ1n) is 4.92. The van der Waals surface area contributed by atoms with Crippen molar-refractivity contribution in [1.29, 1.82) is 5.26 Å². The number of aliphatic hydroxyl groups excluding tert-OH is 2. The SMILES string of the molecule is N#Cc1ccc(N2CC(O)C(O)C2)c(F)c1. The van der Waals surface area contributed by atoms with Gasteiger partial charge in [0.2, 0.25) is 0 Å². The molecule has 1 saturated heterocycles. The van der Waals surface area contributed by atoms with Crippen molar-refractivity contribution < 1.29 is 14.6 Å². The molecule has 2 N–H and O–H groups in total. The van der Waals surface area contributed by atoms with Crippen molar-refractivity contribution in [3.8, 4) is 6.07 Å². The first-order valence-corrected chi connectivity index (χ1v) is 4.92. The Balaban J connectivity index is 2.26. The van der Waals surface area contributed by atoms with Gasteiger partial charge in [-0.25, -0.2) is 4.39 Å². The molecule has 0 amide bonds. The van der Waals surface area contributed by atoms with Crippen LogP contribution >= 0.6 is 0 Å². The Morgan fingerprint density at radius 3 is 2.44 bits per heavy atom. The number of aliphatic hydroxyl groups is 2. The number of hydrogen-bond acceptors (Lipinski definition) is 4. The van der Waals surface area contributed by atoms with Crippen molar-refractivity contribution in [3.63, 3.8) is 0 Å². The number of benzene rings is 1. The highest BCUT2D eigenvalue weighted by Gasteiger charge is 2.30. The average Bonchev–Trinajstić information content (AvgIpc) is 2.58. The molecule has 1 aromatic rings. The van der Waals surface area contributed by atoms with E-state index in [-0.39, 0.29) is 18.7 Å².